The summed E-state index contributed by atoms with van der Waals surface area (Å²) in [6.07, 6.45) is 4.74. The van der Waals surface area contributed by atoms with Crippen molar-refractivity contribution in [2.45, 2.75) is 10.1 Å². The average Bonchev–Trinajstić information content (AvgIpc) is 2.30. The first kappa shape index (κ1) is 10.6. The van der Waals surface area contributed by atoms with Crippen molar-refractivity contribution in [1.82, 2.24) is 15.0 Å². The van der Waals surface area contributed by atoms with Crippen LogP contribution in [-0.4, -0.2) is 26.0 Å². The molecule has 6 heteroatoms. The third kappa shape index (κ3) is 2.54. The minimum atomic E-state index is -1.06. The van der Waals surface area contributed by atoms with Crippen LogP contribution in [0.1, 0.15) is 10.5 Å². The molecule has 0 bridgehead atoms. The maximum atomic E-state index is 10.7. The van der Waals surface area contributed by atoms with Gasteiger partial charge in [0, 0.05) is 23.5 Å². The van der Waals surface area contributed by atoms with Crippen molar-refractivity contribution in [1.29, 1.82) is 0 Å². The number of hydrogen-bond acceptors (Lipinski definition) is 5. The highest BCUT2D eigenvalue weighted by molar-refractivity contribution is 7.99. The van der Waals surface area contributed by atoms with E-state index in [2.05, 4.69) is 15.0 Å². The quantitative estimate of drug-likeness (QED) is 0.813. The predicted octanol–water partition coefficient (Wildman–Crippen LogP) is 1.72. The Labute approximate surface area is 95.6 Å². The van der Waals surface area contributed by atoms with E-state index in [4.69, 9.17) is 5.11 Å². The molecule has 0 saturated carbocycles. The summed E-state index contributed by atoms with van der Waals surface area (Å²) >= 11 is 1.29. The normalized spacial score (nSPS) is 10.0. The summed E-state index contributed by atoms with van der Waals surface area (Å²) in [5, 5.41) is 9.17. The van der Waals surface area contributed by atoms with Gasteiger partial charge in [0.25, 0.3) is 0 Å². The lowest BCUT2D eigenvalue weighted by Gasteiger charge is -1.99. The summed E-state index contributed by atoms with van der Waals surface area (Å²) in [6, 6.07) is 4.97. The fourth-order valence-electron chi connectivity index (χ4n) is 1.02. The fraction of sp³-hybridized carbons (Fsp3) is 0. The highest BCUT2D eigenvalue weighted by atomic mass is 32.2. The van der Waals surface area contributed by atoms with Crippen LogP contribution in [0.3, 0.4) is 0 Å². The Morgan fingerprint density at radius 2 is 1.94 bits per heavy atom. The number of carbonyl (C=O) groups is 1. The smallest absolute Gasteiger partial charge is 0.354 e. The van der Waals surface area contributed by atoms with Gasteiger partial charge in [0.05, 0.1) is 0 Å². The minimum Gasteiger partial charge on any atom is -0.477 e. The van der Waals surface area contributed by atoms with Gasteiger partial charge in [-0.25, -0.2) is 14.8 Å². The van der Waals surface area contributed by atoms with Crippen molar-refractivity contribution in [2.75, 3.05) is 0 Å². The van der Waals surface area contributed by atoms with Crippen LogP contribution >= 0.6 is 11.8 Å². The molecule has 2 heterocycles. The van der Waals surface area contributed by atoms with Gasteiger partial charge in [-0.05, 0) is 30.0 Å². The van der Waals surface area contributed by atoms with Crippen molar-refractivity contribution >= 4 is 17.7 Å². The maximum absolute atomic E-state index is 10.7. The fourth-order valence-corrected chi connectivity index (χ4v) is 1.75. The molecule has 0 radical (unpaired) electrons. The Morgan fingerprint density at radius 1 is 1.19 bits per heavy atom. The lowest BCUT2D eigenvalue weighted by Crippen LogP contribution is -2.01. The number of nitrogens with zero attached hydrogens (tertiary/aromatic N) is 3. The second kappa shape index (κ2) is 4.71. The Morgan fingerprint density at radius 3 is 2.62 bits per heavy atom. The molecule has 2 rings (SSSR count). The molecular weight excluding hydrogens is 226 g/mol. The zero-order valence-corrected chi connectivity index (χ0v) is 8.89. The molecule has 0 aliphatic heterocycles. The summed E-state index contributed by atoms with van der Waals surface area (Å²) in [7, 11) is 0. The maximum Gasteiger partial charge on any atom is 0.354 e. The van der Waals surface area contributed by atoms with Crippen molar-refractivity contribution in [3.8, 4) is 0 Å². The van der Waals surface area contributed by atoms with Crippen LogP contribution in [0.2, 0.25) is 0 Å². The molecule has 0 aliphatic carbocycles. The van der Waals surface area contributed by atoms with Crippen LogP contribution in [-0.2, 0) is 0 Å². The summed E-state index contributed by atoms with van der Waals surface area (Å²) in [5.41, 5.74) is -0.00782. The van der Waals surface area contributed by atoms with E-state index < -0.39 is 5.97 Å². The van der Waals surface area contributed by atoms with E-state index >= 15 is 0 Å². The van der Waals surface area contributed by atoms with Crippen LogP contribution in [0.15, 0.2) is 46.8 Å². The molecule has 2 aromatic heterocycles. The monoisotopic (exact) mass is 233 g/mol. The number of carboxylic acid groups (broad SMARTS) is 1. The first-order valence-corrected chi connectivity index (χ1v) is 5.21. The van der Waals surface area contributed by atoms with Crippen LogP contribution in [0, 0.1) is 0 Å². The lowest BCUT2D eigenvalue weighted by molar-refractivity contribution is 0.0689. The van der Waals surface area contributed by atoms with Gasteiger partial charge in [-0.3, -0.25) is 4.98 Å². The van der Waals surface area contributed by atoms with Crippen molar-refractivity contribution in [2.24, 2.45) is 0 Å². The largest absolute Gasteiger partial charge is 0.477 e. The molecule has 0 saturated heterocycles. The molecule has 0 atom stereocenters. The Bertz CT molecular complexity index is 504. The van der Waals surface area contributed by atoms with Gasteiger partial charge in [-0.15, -0.1) is 0 Å². The SMILES string of the molecule is O=C(O)c1ccnc(Sc2ccncc2)n1. The molecule has 2 aromatic rings. The van der Waals surface area contributed by atoms with Crippen molar-refractivity contribution in [3.63, 3.8) is 0 Å². The minimum absolute atomic E-state index is 0.00782. The second-order valence-electron chi connectivity index (χ2n) is 2.81. The Kier molecular flexibility index (Phi) is 3.11. The summed E-state index contributed by atoms with van der Waals surface area (Å²) in [5.74, 6) is -1.06. The highest BCUT2D eigenvalue weighted by Gasteiger charge is 2.06. The highest BCUT2D eigenvalue weighted by Crippen LogP contribution is 2.23. The van der Waals surface area contributed by atoms with Crippen LogP contribution in [0.25, 0.3) is 0 Å². The summed E-state index contributed by atoms with van der Waals surface area (Å²) in [4.78, 5) is 23.4. The third-order valence-electron chi connectivity index (χ3n) is 1.71. The predicted molar refractivity (Wildman–Crippen MR) is 57.4 cm³/mol. The van der Waals surface area contributed by atoms with Gasteiger partial charge < -0.3 is 5.11 Å². The molecule has 16 heavy (non-hydrogen) atoms. The van der Waals surface area contributed by atoms with Gasteiger partial charge in [0.1, 0.15) is 0 Å². The molecule has 0 aromatic carbocycles. The molecule has 80 valence electrons. The van der Waals surface area contributed by atoms with E-state index in [1.165, 1.54) is 24.0 Å². The molecule has 0 amide bonds. The van der Waals surface area contributed by atoms with Crippen LogP contribution < -0.4 is 0 Å². The van der Waals surface area contributed by atoms with E-state index in [1.807, 2.05) is 12.1 Å². The number of rotatable bonds is 3. The lowest BCUT2D eigenvalue weighted by atomic mass is 10.4. The van der Waals surface area contributed by atoms with E-state index in [-0.39, 0.29) is 5.69 Å². The van der Waals surface area contributed by atoms with Crippen LogP contribution in [0.5, 0.6) is 0 Å². The zero-order chi connectivity index (χ0) is 11.4. The Balaban J connectivity index is 2.22. The van der Waals surface area contributed by atoms with E-state index in [1.54, 1.807) is 12.4 Å². The number of carboxylic acids is 1. The second-order valence-corrected chi connectivity index (χ2v) is 3.86. The van der Waals surface area contributed by atoms with Gasteiger partial charge in [-0.2, -0.15) is 0 Å². The third-order valence-corrected chi connectivity index (χ3v) is 2.60. The summed E-state index contributed by atoms with van der Waals surface area (Å²) < 4.78 is 0. The van der Waals surface area contributed by atoms with Gasteiger partial charge in [-0.1, -0.05) is 0 Å². The number of aromatic nitrogens is 3. The van der Waals surface area contributed by atoms with E-state index in [0.717, 1.165) is 4.90 Å². The molecule has 0 aliphatic rings. The van der Waals surface area contributed by atoms with Gasteiger partial charge in [0.2, 0.25) is 0 Å². The molecule has 0 fully saturated rings. The molecule has 5 nitrogen and oxygen atoms in total. The van der Waals surface area contributed by atoms with Crippen molar-refractivity contribution < 1.29 is 9.90 Å². The molecule has 0 spiro atoms. The standard InChI is InChI=1S/C10H7N3O2S/c14-9(15)8-3-6-12-10(13-8)16-7-1-4-11-5-2-7/h1-6H,(H,14,15). The molecular formula is C10H7N3O2S. The number of aromatic carboxylic acids is 1. The molecule has 1 N–H and O–H groups in total. The van der Waals surface area contributed by atoms with Gasteiger partial charge >= 0.3 is 5.97 Å². The van der Waals surface area contributed by atoms with Gasteiger partial charge in [0.15, 0.2) is 10.9 Å². The van der Waals surface area contributed by atoms with Crippen LogP contribution in [0.4, 0.5) is 0 Å². The average molecular weight is 233 g/mol. The first-order chi connectivity index (χ1) is 7.75. The zero-order valence-electron chi connectivity index (χ0n) is 8.07. The van der Waals surface area contributed by atoms with E-state index in [0.29, 0.717) is 5.16 Å². The first-order valence-electron chi connectivity index (χ1n) is 4.40. The van der Waals surface area contributed by atoms with Crippen molar-refractivity contribution in [3.05, 3.63) is 42.5 Å². The number of hydrogen-bond donors (Lipinski definition) is 1. The Hall–Kier alpha value is -1.95. The number of pyridine rings is 1. The van der Waals surface area contributed by atoms with E-state index in [9.17, 15) is 4.79 Å². The molecule has 0 unspecified atom stereocenters. The summed E-state index contributed by atoms with van der Waals surface area (Å²) in [6.45, 7) is 0. The topological polar surface area (TPSA) is 76.0 Å².